The van der Waals surface area contributed by atoms with Crippen molar-refractivity contribution in [3.63, 3.8) is 0 Å². The van der Waals surface area contributed by atoms with Crippen molar-refractivity contribution in [2.75, 3.05) is 75.2 Å². The topological polar surface area (TPSA) is 76.0 Å². The Morgan fingerprint density at radius 2 is 1.07 bits per heavy atom. The number of aryl methyl sites for hydroxylation is 2. The van der Waals surface area contributed by atoms with Crippen LogP contribution in [-0.2, 0) is 0 Å². The monoisotopic (exact) mass is 784 g/mol. The molecular formula is C48H54F2N6O2. The lowest BCUT2D eigenvalue weighted by molar-refractivity contribution is 0.0974. The average molecular weight is 785 g/mol. The highest BCUT2D eigenvalue weighted by atomic mass is 19.1. The Kier molecular flexibility index (Phi) is 13.7. The summed E-state index contributed by atoms with van der Waals surface area (Å²) in [5, 5.41) is 12.7. The predicted octanol–water partition coefficient (Wildman–Crippen LogP) is 8.79. The van der Waals surface area contributed by atoms with Crippen LogP contribution in [0.3, 0.4) is 0 Å². The summed E-state index contributed by atoms with van der Waals surface area (Å²) < 4.78 is 26.0. The highest BCUT2D eigenvalue weighted by molar-refractivity contribution is 5.96. The molecule has 302 valence electrons. The summed E-state index contributed by atoms with van der Waals surface area (Å²) in [6.45, 7) is 13.8. The summed E-state index contributed by atoms with van der Waals surface area (Å²) in [6, 6.07) is 33.1. The summed E-state index contributed by atoms with van der Waals surface area (Å²) in [5.41, 5.74) is 8.05. The van der Waals surface area contributed by atoms with Crippen molar-refractivity contribution in [1.82, 2.24) is 19.8 Å². The molecule has 8 rings (SSSR count). The minimum Gasteiger partial charge on any atom is -0.388 e. The zero-order valence-electron chi connectivity index (χ0n) is 33.7. The van der Waals surface area contributed by atoms with Crippen molar-refractivity contribution < 1.29 is 18.7 Å². The van der Waals surface area contributed by atoms with Crippen molar-refractivity contribution in [3.05, 3.63) is 143 Å². The van der Waals surface area contributed by atoms with Gasteiger partial charge in [-0.15, -0.1) is 0 Å². The largest absolute Gasteiger partial charge is 0.388 e. The molecule has 2 aliphatic heterocycles. The molecule has 2 saturated heterocycles. The molecule has 1 atom stereocenters. The van der Waals surface area contributed by atoms with Crippen molar-refractivity contribution in [2.45, 2.75) is 45.6 Å². The first kappa shape index (κ1) is 40.9. The van der Waals surface area contributed by atoms with Crippen LogP contribution >= 0.6 is 0 Å². The third-order valence-electron chi connectivity index (χ3n) is 11.4. The van der Waals surface area contributed by atoms with Gasteiger partial charge >= 0.3 is 0 Å². The quantitative estimate of drug-likeness (QED) is 0.124. The number of halogens is 2. The summed E-state index contributed by atoms with van der Waals surface area (Å²) in [6.07, 6.45) is 2.41. The third kappa shape index (κ3) is 10.6. The molecule has 2 aliphatic rings. The maximum absolute atomic E-state index is 13.0. The van der Waals surface area contributed by atoms with Crippen LogP contribution in [0.5, 0.6) is 0 Å². The number of hydrogen-bond donors (Lipinski definition) is 1. The molecule has 0 amide bonds. The van der Waals surface area contributed by atoms with Crippen LogP contribution < -0.4 is 9.80 Å². The molecule has 0 bridgehead atoms. The van der Waals surface area contributed by atoms with Crippen LogP contribution in [0.1, 0.15) is 59.1 Å². The first-order valence-electron chi connectivity index (χ1n) is 20.6. The number of rotatable bonds is 12. The smallest absolute Gasteiger partial charge is 0.162 e. The van der Waals surface area contributed by atoms with Gasteiger partial charge in [-0.25, -0.2) is 8.78 Å². The number of carbonyl (C=O) groups excluding carboxylic acids is 1. The number of aliphatic hydroxyl groups is 1. The molecule has 2 fully saturated rings. The Bertz CT molecular complexity index is 2270. The highest BCUT2D eigenvalue weighted by Crippen LogP contribution is 2.28. The summed E-state index contributed by atoms with van der Waals surface area (Å²) in [5.74, 6) is -0.493. The maximum Gasteiger partial charge on any atom is 0.162 e. The van der Waals surface area contributed by atoms with Crippen LogP contribution in [-0.4, -0.2) is 96.1 Å². The summed E-state index contributed by atoms with van der Waals surface area (Å²) >= 11 is 0. The van der Waals surface area contributed by atoms with E-state index in [2.05, 4.69) is 80.3 Å². The minimum atomic E-state index is -0.526. The number of benzene rings is 4. The van der Waals surface area contributed by atoms with Gasteiger partial charge in [0.05, 0.1) is 28.5 Å². The van der Waals surface area contributed by atoms with Crippen LogP contribution in [0.4, 0.5) is 20.2 Å². The van der Waals surface area contributed by atoms with E-state index in [-0.39, 0.29) is 17.4 Å². The number of ketones is 1. The third-order valence-corrected chi connectivity index (χ3v) is 11.4. The number of fused-ring (bicyclic) bond motifs is 2. The molecule has 2 aromatic heterocycles. The first-order valence-corrected chi connectivity index (χ1v) is 20.6. The van der Waals surface area contributed by atoms with Crippen molar-refractivity contribution in [1.29, 1.82) is 0 Å². The fourth-order valence-electron chi connectivity index (χ4n) is 8.00. The second-order valence-corrected chi connectivity index (χ2v) is 15.5. The molecule has 58 heavy (non-hydrogen) atoms. The Labute approximate surface area is 340 Å². The lowest BCUT2D eigenvalue weighted by Crippen LogP contribution is -2.46. The zero-order chi connectivity index (χ0) is 40.4. The van der Waals surface area contributed by atoms with Crippen LogP contribution in [0, 0.1) is 25.5 Å². The number of pyridine rings is 2. The van der Waals surface area contributed by atoms with Gasteiger partial charge in [-0.2, -0.15) is 0 Å². The Morgan fingerprint density at radius 1 is 0.603 bits per heavy atom. The van der Waals surface area contributed by atoms with E-state index in [1.54, 1.807) is 24.3 Å². The number of aromatic nitrogens is 2. The molecule has 0 saturated carbocycles. The molecule has 1 unspecified atom stereocenters. The second kappa shape index (κ2) is 19.4. The van der Waals surface area contributed by atoms with E-state index in [9.17, 15) is 18.7 Å². The van der Waals surface area contributed by atoms with Gasteiger partial charge < -0.3 is 14.9 Å². The van der Waals surface area contributed by atoms with Crippen LogP contribution in [0.25, 0.3) is 21.8 Å². The fraction of sp³-hybridized carbons (Fsp3) is 0.354. The SMILES string of the molecule is Cc1ccc2cccc(N3CCN(CCCC(=O)c4ccc(F)cc4)CC3)c2n1.Cc1ccc2cccc(N3CCN(CCCC(O)c4ccc(F)cc4)CC3)c2n1. The summed E-state index contributed by atoms with van der Waals surface area (Å²) in [7, 11) is 0. The van der Waals surface area contributed by atoms with E-state index in [1.165, 1.54) is 46.4 Å². The fourth-order valence-corrected chi connectivity index (χ4v) is 8.00. The van der Waals surface area contributed by atoms with Gasteiger partial charge in [-0.05, 0) is 112 Å². The number of para-hydroxylation sites is 2. The van der Waals surface area contributed by atoms with Gasteiger partial charge in [0.1, 0.15) is 11.6 Å². The first-order chi connectivity index (χ1) is 28.2. The number of piperazine rings is 2. The van der Waals surface area contributed by atoms with Crippen molar-refractivity contribution in [3.8, 4) is 0 Å². The molecule has 0 aliphatic carbocycles. The Hall–Kier alpha value is -5.29. The number of nitrogens with zero attached hydrogens (tertiary/aromatic N) is 6. The van der Waals surface area contributed by atoms with Gasteiger partial charge in [0.25, 0.3) is 0 Å². The van der Waals surface area contributed by atoms with Gasteiger partial charge in [-0.1, -0.05) is 48.5 Å². The Balaban J connectivity index is 0.000000177. The summed E-state index contributed by atoms with van der Waals surface area (Å²) in [4.78, 5) is 31.5. The molecule has 4 heterocycles. The molecule has 6 aromatic rings. The molecule has 0 radical (unpaired) electrons. The van der Waals surface area contributed by atoms with E-state index in [0.29, 0.717) is 18.4 Å². The van der Waals surface area contributed by atoms with Crippen molar-refractivity contribution >= 4 is 39.0 Å². The number of hydrogen-bond acceptors (Lipinski definition) is 8. The van der Waals surface area contributed by atoms with E-state index < -0.39 is 6.10 Å². The number of anilines is 2. The lowest BCUT2D eigenvalue weighted by atomic mass is 10.0. The standard InChI is InChI=1S/C24H28FN3O.C24H26FN3O/c2*1-18-7-8-20-4-2-5-22(24(20)26-18)28-16-14-27(15-17-28)13-3-6-23(29)19-9-11-21(25)12-10-19/h2,4-5,7-12,23,29H,3,6,13-17H2,1H3;2,4-5,7-12H,3,6,13-17H2,1H3. The zero-order valence-corrected chi connectivity index (χ0v) is 33.7. The average Bonchev–Trinajstić information content (AvgIpc) is 3.24. The van der Waals surface area contributed by atoms with E-state index in [0.717, 1.165) is 106 Å². The number of aliphatic hydroxyl groups excluding tert-OH is 1. The van der Waals surface area contributed by atoms with E-state index in [1.807, 2.05) is 13.8 Å². The molecule has 0 spiro atoms. The minimum absolute atomic E-state index is 0.0841. The van der Waals surface area contributed by atoms with Crippen molar-refractivity contribution in [2.24, 2.45) is 0 Å². The second-order valence-electron chi connectivity index (χ2n) is 15.5. The highest BCUT2D eigenvalue weighted by Gasteiger charge is 2.21. The molecule has 1 N–H and O–H groups in total. The van der Waals surface area contributed by atoms with E-state index >= 15 is 0 Å². The number of carbonyl (C=O) groups is 1. The van der Waals surface area contributed by atoms with Gasteiger partial charge in [0.15, 0.2) is 5.78 Å². The van der Waals surface area contributed by atoms with Crippen LogP contribution in [0.2, 0.25) is 0 Å². The number of Topliss-reactive ketones (excluding diaryl/α,β-unsaturated/α-hetero) is 1. The normalized spacial score (nSPS) is 15.7. The van der Waals surface area contributed by atoms with Gasteiger partial charge in [0, 0.05) is 86.5 Å². The lowest BCUT2D eigenvalue weighted by Gasteiger charge is -2.36. The molecule has 4 aromatic carbocycles. The van der Waals surface area contributed by atoms with Gasteiger partial charge in [-0.3, -0.25) is 24.6 Å². The van der Waals surface area contributed by atoms with E-state index in [4.69, 9.17) is 9.97 Å². The Morgan fingerprint density at radius 3 is 1.57 bits per heavy atom. The molecule has 10 heteroatoms. The molecule has 8 nitrogen and oxygen atoms in total. The van der Waals surface area contributed by atoms with Gasteiger partial charge in [0.2, 0.25) is 0 Å². The predicted molar refractivity (Wildman–Crippen MR) is 231 cm³/mol. The van der Waals surface area contributed by atoms with Crippen LogP contribution in [0.15, 0.2) is 109 Å². The maximum atomic E-state index is 13.0. The molecular weight excluding hydrogens is 731 g/mol.